The second-order valence-corrected chi connectivity index (χ2v) is 1.92. The van der Waals surface area contributed by atoms with E-state index in [1.165, 1.54) is 18.2 Å². The molecule has 1 N–H and O–H groups in total. The third kappa shape index (κ3) is 1.24. The average Bonchev–Trinajstić information content (AvgIpc) is 2.04. The number of benzene rings is 1. The van der Waals surface area contributed by atoms with Crippen LogP contribution in [0.1, 0.15) is 10.4 Å². The van der Waals surface area contributed by atoms with Gasteiger partial charge in [0.25, 0.3) is 0 Å². The van der Waals surface area contributed by atoms with Crippen LogP contribution in [0, 0.1) is 4.91 Å². The van der Waals surface area contributed by atoms with Gasteiger partial charge in [-0.1, -0.05) is 6.07 Å². The summed E-state index contributed by atoms with van der Waals surface area (Å²) in [4.78, 5) is 20.3. The first-order valence-electron chi connectivity index (χ1n) is 2.90. The molecule has 0 aliphatic heterocycles. The zero-order valence-corrected chi connectivity index (χ0v) is 5.52. The second-order valence-electron chi connectivity index (χ2n) is 1.92. The molecule has 0 aliphatic carbocycles. The van der Waals surface area contributed by atoms with Crippen LogP contribution in [0.3, 0.4) is 0 Å². The lowest BCUT2D eigenvalue weighted by Crippen LogP contribution is -1.79. The Kier molecular flexibility index (Phi) is 1.96. The lowest BCUT2D eigenvalue weighted by molar-refractivity contribution is 0.112. The van der Waals surface area contributed by atoms with Gasteiger partial charge in [-0.15, -0.1) is 4.91 Å². The van der Waals surface area contributed by atoms with Crippen LogP contribution in [0.25, 0.3) is 0 Å². The normalized spacial score (nSPS) is 9.09. The lowest BCUT2D eigenvalue weighted by atomic mass is 10.2. The van der Waals surface area contributed by atoms with Crippen molar-refractivity contribution < 1.29 is 9.90 Å². The molecule has 0 unspecified atom stereocenters. The van der Waals surface area contributed by atoms with Gasteiger partial charge in [0.05, 0.1) is 0 Å². The van der Waals surface area contributed by atoms with E-state index in [-0.39, 0.29) is 17.0 Å². The van der Waals surface area contributed by atoms with Gasteiger partial charge in [-0.3, -0.25) is 4.79 Å². The van der Waals surface area contributed by atoms with Crippen molar-refractivity contribution in [1.29, 1.82) is 0 Å². The van der Waals surface area contributed by atoms with Gasteiger partial charge in [0.2, 0.25) is 0 Å². The van der Waals surface area contributed by atoms with Crippen molar-refractivity contribution in [3.8, 4) is 5.75 Å². The van der Waals surface area contributed by atoms with Crippen molar-refractivity contribution in [1.82, 2.24) is 0 Å². The predicted octanol–water partition coefficient (Wildman–Crippen LogP) is 1.60. The molecule has 0 atom stereocenters. The van der Waals surface area contributed by atoms with Crippen molar-refractivity contribution in [2.45, 2.75) is 0 Å². The van der Waals surface area contributed by atoms with E-state index in [1.54, 1.807) is 0 Å². The highest BCUT2D eigenvalue weighted by Gasteiger charge is 2.05. The SMILES string of the molecule is O=Cc1cccc(O)c1N=O. The molecule has 0 heterocycles. The van der Waals surface area contributed by atoms with Gasteiger partial charge in [-0.05, 0) is 17.3 Å². The van der Waals surface area contributed by atoms with Crippen LogP contribution in [-0.2, 0) is 0 Å². The van der Waals surface area contributed by atoms with E-state index in [1.807, 2.05) is 0 Å². The Morgan fingerprint density at radius 2 is 2.18 bits per heavy atom. The zero-order valence-electron chi connectivity index (χ0n) is 5.52. The van der Waals surface area contributed by atoms with E-state index in [0.29, 0.717) is 6.29 Å². The third-order valence-corrected chi connectivity index (χ3v) is 1.26. The van der Waals surface area contributed by atoms with Crippen molar-refractivity contribution in [2.24, 2.45) is 5.18 Å². The van der Waals surface area contributed by atoms with Crippen molar-refractivity contribution in [2.75, 3.05) is 0 Å². The van der Waals surface area contributed by atoms with Gasteiger partial charge in [-0.25, -0.2) is 0 Å². The Bertz CT molecular complexity index is 296. The summed E-state index contributed by atoms with van der Waals surface area (Å²) in [5, 5.41) is 11.5. The van der Waals surface area contributed by atoms with Crippen LogP contribution in [0.2, 0.25) is 0 Å². The maximum atomic E-state index is 10.2. The number of phenolic OH excluding ortho intramolecular Hbond substituents is 1. The highest BCUT2D eigenvalue weighted by Crippen LogP contribution is 2.28. The quantitative estimate of drug-likeness (QED) is 0.515. The van der Waals surface area contributed by atoms with E-state index in [2.05, 4.69) is 5.18 Å². The van der Waals surface area contributed by atoms with E-state index < -0.39 is 0 Å². The van der Waals surface area contributed by atoms with E-state index in [4.69, 9.17) is 5.11 Å². The Balaban J connectivity index is 3.35. The number of carbonyl (C=O) groups is 1. The van der Waals surface area contributed by atoms with Gasteiger partial charge in [0.15, 0.2) is 12.0 Å². The molecule has 0 saturated heterocycles. The molecule has 4 heteroatoms. The molecule has 0 spiro atoms. The maximum Gasteiger partial charge on any atom is 0.160 e. The first-order chi connectivity index (χ1) is 5.29. The number of hydrogen-bond acceptors (Lipinski definition) is 4. The van der Waals surface area contributed by atoms with E-state index in [9.17, 15) is 9.70 Å². The molecule has 11 heavy (non-hydrogen) atoms. The number of carbonyl (C=O) groups excluding carboxylic acids is 1. The molecular weight excluding hydrogens is 146 g/mol. The van der Waals surface area contributed by atoms with Crippen molar-refractivity contribution >= 4 is 12.0 Å². The molecule has 1 rings (SSSR count). The number of nitrogens with zero attached hydrogens (tertiary/aromatic N) is 1. The first kappa shape index (κ1) is 7.40. The number of rotatable bonds is 2. The van der Waals surface area contributed by atoms with E-state index in [0.717, 1.165) is 0 Å². The smallest absolute Gasteiger partial charge is 0.160 e. The summed E-state index contributed by atoms with van der Waals surface area (Å²) in [6.07, 6.45) is 0.469. The van der Waals surface area contributed by atoms with Crippen LogP contribution in [0.5, 0.6) is 5.75 Å². The standard InChI is InChI=1S/C7H5NO3/c9-4-5-2-1-3-6(10)7(5)8-11/h1-4,10H. The van der Waals surface area contributed by atoms with Crippen molar-refractivity contribution in [3.05, 3.63) is 28.7 Å². The molecular formula is C7H5NO3. The van der Waals surface area contributed by atoms with Crippen LogP contribution in [0.4, 0.5) is 5.69 Å². The lowest BCUT2D eigenvalue weighted by Gasteiger charge is -1.95. The Morgan fingerprint density at radius 3 is 2.64 bits per heavy atom. The van der Waals surface area contributed by atoms with Gasteiger partial charge in [-0.2, -0.15) is 0 Å². The first-order valence-corrected chi connectivity index (χ1v) is 2.90. The summed E-state index contributed by atoms with van der Waals surface area (Å²) in [6, 6.07) is 4.17. The number of nitroso groups, excluding NO2 is 1. The number of hydrogen-bond donors (Lipinski definition) is 1. The summed E-state index contributed by atoms with van der Waals surface area (Å²) in [5.74, 6) is -0.274. The van der Waals surface area contributed by atoms with Crippen LogP contribution in [-0.4, -0.2) is 11.4 Å². The molecule has 0 radical (unpaired) electrons. The molecule has 0 bridgehead atoms. The molecule has 56 valence electrons. The number of phenols is 1. The summed E-state index contributed by atoms with van der Waals surface area (Å²) < 4.78 is 0. The molecule has 0 aliphatic rings. The van der Waals surface area contributed by atoms with Gasteiger partial charge in [0.1, 0.15) is 5.75 Å². The van der Waals surface area contributed by atoms with Crippen LogP contribution < -0.4 is 0 Å². The fourth-order valence-electron chi connectivity index (χ4n) is 0.743. The number of aromatic hydroxyl groups is 1. The molecule has 0 saturated carbocycles. The number of aldehydes is 1. The molecule has 0 amide bonds. The largest absolute Gasteiger partial charge is 0.506 e. The predicted molar refractivity (Wildman–Crippen MR) is 38.9 cm³/mol. The molecule has 0 fully saturated rings. The monoisotopic (exact) mass is 151 g/mol. The molecule has 4 nitrogen and oxygen atoms in total. The van der Waals surface area contributed by atoms with E-state index >= 15 is 0 Å². The van der Waals surface area contributed by atoms with Crippen LogP contribution in [0.15, 0.2) is 23.4 Å². The minimum Gasteiger partial charge on any atom is -0.506 e. The van der Waals surface area contributed by atoms with Gasteiger partial charge >= 0.3 is 0 Å². The fourth-order valence-corrected chi connectivity index (χ4v) is 0.743. The highest BCUT2D eigenvalue weighted by atomic mass is 16.3. The second kappa shape index (κ2) is 2.92. The molecule has 0 aromatic heterocycles. The highest BCUT2D eigenvalue weighted by molar-refractivity contribution is 5.85. The summed E-state index contributed by atoms with van der Waals surface area (Å²) >= 11 is 0. The van der Waals surface area contributed by atoms with Gasteiger partial charge < -0.3 is 5.11 Å². The average molecular weight is 151 g/mol. The summed E-state index contributed by atoms with van der Waals surface area (Å²) in [6.45, 7) is 0. The Morgan fingerprint density at radius 1 is 1.45 bits per heavy atom. The Labute approximate surface area is 62.4 Å². The third-order valence-electron chi connectivity index (χ3n) is 1.26. The summed E-state index contributed by atoms with van der Waals surface area (Å²) in [7, 11) is 0. The minimum atomic E-state index is -0.274. The van der Waals surface area contributed by atoms with Gasteiger partial charge in [0, 0.05) is 5.56 Å². The molecule has 1 aromatic carbocycles. The molecule has 1 aromatic rings. The Hall–Kier alpha value is -1.71. The topological polar surface area (TPSA) is 66.7 Å². The zero-order chi connectivity index (χ0) is 8.27. The van der Waals surface area contributed by atoms with Crippen LogP contribution >= 0.6 is 0 Å². The minimum absolute atomic E-state index is 0.0972. The summed E-state index contributed by atoms with van der Waals surface area (Å²) in [5.41, 5.74) is -0.109. The maximum absolute atomic E-state index is 10.2. The fraction of sp³-hybridized carbons (Fsp3) is 0. The van der Waals surface area contributed by atoms with Crippen molar-refractivity contribution in [3.63, 3.8) is 0 Å².